The summed E-state index contributed by atoms with van der Waals surface area (Å²) in [6.45, 7) is 5.26. The molecule has 86 valence electrons. The van der Waals surface area contributed by atoms with Crippen molar-refractivity contribution in [3.05, 3.63) is 22.6 Å². The third-order valence-corrected chi connectivity index (χ3v) is 2.07. The second-order valence-corrected chi connectivity index (χ2v) is 3.41. The molecule has 0 spiro atoms. The molecule has 0 aliphatic heterocycles. The highest BCUT2D eigenvalue weighted by molar-refractivity contribution is 5.38. The molecule has 4 heteroatoms. The molecule has 0 unspecified atom stereocenters. The van der Waals surface area contributed by atoms with Gasteiger partial charge in [-0.2, -0.15) is 5.10 Å². The van der Waals surface area contributed by atoms with Gasteiger partial charge in [0, 0.05) is 19.0 Å². The first-order chi connectivity index (χ1) is 7.77. The fraction of sp³-hybridized carbons (Fsp3) is 0.500. The zero-order valence-electron chi connectivity index (χ0n) is 9.79. The van der Waals surface area contributed by atoms with Crippen LogP contribution in [0.4, 0.5) is 5.69 Å². The molecule has 1 aromatic rings. The molecule has 0 saturated carbocycles. The maximum absolute atomic E-state index is 11.6. The second-order valence-electron chi connectivity index (χ2n) is 3.41. The molecule has 4 nitrogen and oxygen atoms in total. The molecule has 0 bridgehead atoms. The van der Waals surface area contributed by atoms with Crippen LogP contribution in [0.15, 0.2) is 17.1 Å². The summed E-state index contributed by atoms with van der Waals surface area (Å²) in [5, 5.41) is 7.20. The average Bonchev–Trinajstić information content (AvgIpc) is 2.29. The molecular formula is C12H17N3O. The Balaban J connectivity index is 2.66. The average molecular weight is 219 g/mol. The number of nitrogens with one attached hydrogen (secondary N) is 1. The molecule has 0 atom stereocenters. The minimum Gasteiger partial charge on any atom is -0.384 e. The third kappa shape index (κ3) is 3.77. The molecule has 0 saturated heterocycles. The van der Waals surface area contributed by atoms with Gasteiger partial charge in [0.15, 0.2) is 0 Å². The second kappa shape index (κ2) is 6.67. The minimum atomic E-state index is -0.0843. The van der Waals surface area contributed by atoms with Gasteiger partial charge in [0.25, 0.3) is 5.56 Å². The van der Waals surface area contributed by atoms with Crippen molar-refractivity contribution >= 4 is 5.69 Å². The Bertz CT molecular complexity index is 440. The first-order valence-electron chi connectivity index (χ1n) is 5.48. The van der Waals surface area contributed by atoms with Gasteiger partial charge in [0.1, 0.15) is 0 Å². The molecule has 0 radical (unpaired) electrons. The lowest BCUT2D eigenvalue weighted by atomic mass is 10.4. The van der Waals surface area contributed by atoms with E-state index in [1.807, 2.05) is 0 Å². The first-order valence-corrected chi connectivity index (χ1v) is 5.48. The fourth-order valence-electron chi connectivity index (χ4n) is 1.25. The number of hydrogen-bond donors (Lipinski definition) is 1. The van der Waals surface area contributed by atoms with E-state index >= 15 is 0 Å². The van der Waals surface area contributed by atoms with E-state index in [-0.39, 0.29) is 5.56 Å². The lowest BCUT2D eigenvalue weighted by molar-refractivity contribution is 0.591. The van der Waals surface area contributed by atoms with Crippen molar-refractivity contribution in [2.75, 3.05) is 11.9 Å². The SMILES string of the molecule is CC#CCCn1ncc(NCCC)cc1=O. The molecule has 0 aliphatic carbocycles. The number of rotatable bonds is 5. The number of aryl methyl sites for hydroxylation is 1. The summed E-state index contributed by atoms with van der Waals surface area (Å²) >= 11 is 0. The molecular weight excluding hydrogens is 202 g/mol. The van der Waals surface area contributed by atoms with Crippen LogP contribution >= 0.6 is 0 Å². The standard InChI is InChI=1S/C12H17N3O/c1-3-5-6-8-15-12(16)9-11(10-14-15)13-7-4-2/h9-10,13H,4,6-8H2,1-2H3. The molecule has 1 N–H and O–H groups in total. The molecule has 0 fully saturated rings. The van der Waals surface area contributed by atoms with E-state index in [9.17, 15) is 4.79 Å². The number of hydrogen-bond acceptors (Lipinski definition) is 3. The molecule has 0 amide bonds. The van der Waals surface area contributed by atoms with Crippen LogP contribution in [0, 0.1) is 11.8 Å². The van der Waals surface area contributed by atoms with Crippen molar-refractivity contribution < 1.29 is 0 Å². The number of aromatic nitrogens is 2. The lowest BCUT2D eigenvalue weighted by Gasteiger charge is -2.05. The van der Waals surface area contributed by atoms with Crippen LogP contribution in [0.5, 0.6) is 0 Å². The van der Waals surface area contributed by atoms with Gasteiger partial charge in [0.2, 0.25) is 0 Å². The number of anilines is 1. The van der Waals surface area contributed by atoms with Gasteiger partial charge in [-0.3, -0.25) is 4.79 Å². The third-order valence-electron chi connectivity index (χ3n) is 2.07. The summed E-state index contributed by atoms with van der Waals surface area (Å²) in [4.78, 5) is 11.6. The van der Waals surface area contributed by atoms with Crippen LogP contribution in [0.2, 0.25) is 0 Å². The number of nitrogens with zero attached hydrogens (tertiary/aromatic N) is 2. The van der Waals surface area contributed by atoms with Crippen molar-refractivity contribution in [3.63, 3.8) is 0 Å². The van der Waals surface area contributed by atoms with Crippen molar-refractivity contribution in [1.29, 1.82) is 0 Å². The van der Waals surface area contributed by atoms with Crippen LogP contribution in [0.1, 0.15) is 26.7 Å². The Morgan fingerprint density at radius 2 is 2.38 bits per heavy atom. The first kappa shape index (κ1) is 12.3. The lowest BCUT2D eigenvalue weighted by Crippen LogP contribution is -2.22. The van der Waals surface area contributed by atoms with E-state index in [2.05, 4.69) is 29.2 Å². The van der Waals surface area contributed by atoms with Crippen molar-refractivity contribution in [1.82, 2.24) is 9.78 Å². The zero-order chi connectivity index (χ0) is 11.8. The van der Waals surface area contributed by atoms with E-state index in [0.29, 0.717) is 13.0 Å². The van der Waals surface area contributed by atoms with Gasteiger partial charge >= 0.3 is 0 Å². The highest BCUT2D eigenvalue weighted by Gasteiger charge is 1.98. The van der Waals surface area contributed by atoms with Crippen LogP contribution in [0.3, 0.4) is 0 Å². The van der Waals surface area contributed by atoms with Gasteiger partial charge in [0.05, 0.1) is 18.4 Å². The van der Waals surface area contributed by atoms with Crippen LogP contribution in [-0.4, -0.2) is 16.3 Å². The van der Waals surface area contributed by atoms with Gasteiger partial charge in [-0.1, -0.05) is 6.92 Å². The van der Waals surface area contributed by atoms with Crippen LogP contribution in [0.25, 0.3) is 0 Å². The van der Waals surface area contributed by atoms with E-state index in [1.165, 1.54) is 4.68 Å². The quantitative estimate of drug-likeness (QED) is 0.763. The van der Waals surface area contributed by atoms with Gasteiger partial charge in [-0.25, -0.2) is 4.68 Å². The predicted octanol–water partition coefficient (Wildman–Crippen LogP) is 1.48. The molecule has 0 aromatic carbocycles. The Labute approximate surface area is 95.7 Å². The Kier molecular flexibility index (Phi) is 5.13. The molecule has 1 rings (SSSR count). The van der Waals surface area contributed by atoms with Gasteiger partial charge < -0.3 is 5.32 Å². The Hall–Kier alpha value is -1.76. The van der Waals surface area contributed by atoms with Gasteiger partial charge in [-0.15, -0.1) is 11.8 Å². The molecule has 0 aliphatic rings. The summed E-state index contributed by atoms with van der Waals surface area (Å²) in [7, 11) is 0. The zero-order valence-corrected chi connectivity index (χ0v) is 9.79. The summed E-state index contributed by atoms with van der Waals surface area (Å²) in [5.74, 6) is 5.70. The Morgan fingerprint density at radius 3 is 3.00 bits per heavy atom. The monoisotopic (exact) mass is 219 g/mol. The highest BCUT2D eigenvalue weighted by atomic mass is 16.1. The topological polar surface area (TPSA) is 46.9 Å². The van der Waals surface area contributed by atoms with E-state index < -0.39 is 0 Å². The normalized spacial score (nSPS) is 9.38. The summed E-state index contributed by atoms with van der Waals surface area (Å²) < 4.78 is 1.43. The van der Waals surface area contributed by atoms with Crippen molar-refractivity contribution in [2.24, 2.45) is 0 Å². The largest absolute Gasteiger partial charge is 0.384 e. The van der Waals surface area contributed by atoms with E-state index in [0.717, 1.165) is 18.7 Å². The molecule has 1 heterocycles. The summed E-state index contributed by atoms with van der Waals surface area (Å²) in [6, 6.07) is 1.57. The summed E-state index contributed by atoms with van der Waals surface area (Å²) in [6.07, 6.45) is 3.36. The smallest absolute Gasteiger partial charge is 0.268 e. The highest BCUT2D eigenvalue weighted by Crippen LogP contribution is 1.99. The van der Waals surface area contributed by atoms with Crippen LogP contribution in [-0.2, 0) is 6.54 Å². The van der Waals surface area contributed by atoms with E-state index in [4.69, 9.17) is 0 Å². The van der Waals surface area contributed by atoms with Crippen molar-refractivity contribution in [2.45, 2.75) is 33.2 Å². The minimum absolute atomic E-state index is 0.0843. The maximum Gasteiger partial charge on any atom is 0.268 e. The predicted molar refractivity (Wildman–Crippen MR) is 65.3 cm³/mol. The van der Waals surface area contributed by atoms with E-state index in [1.54, 1.807) is 19.2 Å². The molecule has 1 aromatic heterocycles. The van der Waals surface area contributed by atoms with Gasteiger partial charge in [-0.05, 0) is 13.3 Å². The maximum atomic E-state index is 11.6. The van der Waals surface area contributed by atoms with Crippen LogP contribution < -0.4 is 10.9 Å². The fourth-order valence-corrected chi connectivity index (χ4v) is 1.25. The summed E-state index contributed by atoms with van der Waals surface area (Å²) in [5.41, 5.74) is 0.698. The van der Waals surface area contributed by atoms with Crippen molar-refractivity contribution in [3.8, 4) is 11.8 Å². The molecule has 16 heavy (non-hydrogen) atoms. The Morgan fingerprint density at radius 1 is 1.56 bits per heavy atom.